The first-order valence-corrected chi connectivity index (χ1v) is 5.11. The normalized spacial score (nSPS) is 13.6. The molecule has 17 heavy (non-hydrogen) atoms. The Morgan fingerprint density at radius 2 is 2.18 bits per heavy atom. The van der Waals surface area contributed by atoms with E-state index in [1.54, 1.807) is 6.92 Å². The first kappa shape index (κ1) is 13.1. The number of amides is 1. The summed E-state index contributed by atoms with van der Waals surface area (Å²) in [7, 11) is 0. The summed E-state index contributed by atoms with van der Waals surface area (Å²) in [6.07, 6.45) is 0.367. The van der Waals surface area contributed by atoms with Gasteiger partial charge in [0.15, 0.2) is 11.6 Å². The molecule has 0 aliphatic carbocycles. The van der Waals surface area contributed by atoms with E-state index in [9.17, 15) is 13.6 Å². The number of benzene rings is 1. The van der Waals surface area contributed by atoms with Crippen LogP contribution in [0.5, 0.6) is 0 Å². The van der Waals surface area contributed by atoms with Crippen LogP contribution in [0.15, 0.2) is 18.2 Å². The van der Waals surface area contributed by atoms with Crippen molar-refractivity contribution < 1.29 is 13.6 Å². The van der Waals surface area contributed by atoms with Crippen LogP contribution < -0.4 is 5.32 Å². The Bertz CT molecular complexity index is 482. The molecule has 90 valence electrons. The molecule has 1 rings (SSSR count). The lowest BCUT2D eigenvalue weighted by atomic mass is 10.0. The molecule has 0 aromatic heterocycles. The molecule has 1 N–H and O–H groups in total. The quantitative estimate of drug-likeness (QED) is 0.879. The zero-order chi connectivity index (χ0) is 13.1. The fourth-order valence-electron chi connectivity index (χ4n) is 1.19. The number of halogens is 2. The van der Waals surface area contributed by atoms with Crippen LogP contribution in [0.1, 0.15) is 30.6 Å². The number of nitrogens with one attached hydrogen (secondary N) is 1. The average molecular weight is 238 g/mol. The van der Waals surface area contributed by atoms with E-state index >= 15 is 0 Å². The summed E-state index contributed by atoms with van der Waals surface area (Å²) in [5, 5.41) is 11.2. The standard InChI is InChI=1S/C12H12F2N2O/c1-3-12(2,7-15)16-11(17)8-5-4-6-9(13)10(8)14/h4-6H,3H2,1-2H3,(H,16,17). The molecule has 0 spiro atoms. The third-order valence-corrected chi connectivity index (χ3v) is 2.54. The van der Waals surface area contributed by atoms with Gasteiger partial charge < -0.3 is 5.32 Å². The van der Waals surface area contributed by atoms with Crippen LogP contribution in [-0.2, 0) is 0 Å². The minimum Gasteiger partial charge on any atom is -0.334 e. The van der Waals surface area contributed by atoms with Crippen LogP contribution in [0, 0.1) is 23.0 Å². The molecule has 1 aromatic carbocycles. The number of carbonyl (C=O) groups excluding carboxylic acids is 1. The van der Waals surface area contributed by atoms with Crippen molar-refractivity contribution in [2.24, 2.45) is 0 Å². The fraction of sp³-hybridized carbons (Fsp3) is 0.333. The number of rotatable bonds is 3. The predicted molar refractivity (Wildman–Crippen MR) is 58.1 cm³/mol. The van der Waals surface area contributed by atoms with Gasteiger partial charge in [-0.25, -0.2) is 8.78 Å². The highest BCUT2D eigenvalue weighted by molar-refractivity contribution is 5.95. The molecule has 0 aliphatic heterocycles. The molecule has 0 fully saturated rings. The molecule has 5 heteroatoms. The van der Waals surface area contributed by atoms with E-state index in [-0.39, 0.29) is 0 Å². The van der Waals surface area contributed by atoms with Crippen molar-refractivity contribution in [2.75, 3.05) is 0 Å². The van der Waals surface area contributed by atoms with Gasteiger partial charge in [0.05, 0.1) is 11.6 Å². The number of hydrogen-bond acceptors (Lipinski definition) is 2. The Hall–Kier alpha value is -1.96. The van der Waals surface area contributed by atoms with E-state index in [2.05, 4.69) is 5.32 Å². The Balaban J connectivity index is 2.99. The third-order valence-electron chi connectivity index (χ3n) is 2.54. The summed E-state index contributed by atoms with van der Waals surface area (Å²) >= 11 is 0. The number of carbonyl (C=O) groups is 1. The average Bonchev–Trinajstić information content (AvgIpc) is 2.32. The van der Waals surface area contributed by atoms with Crippen LogP contribution >= 0.6 is 0 Å². The largest absolute Gasteiger partial charge is 0.334 e. The summed E-state index contributed by atoms with van der Waals surface area (Å²) in [5.74, 6) is -3.10. The zero-order valence-corrected chi connectivity index (χ0v) is 9.55. The van der Waals surface area contributed by atoms with E-state index in [1.165, 1.54) is 19.1 Å². The molecule has 1 atom stereocenters. The van der Waals surface area contributed by atoms with Crippen molar-refractivity contribution in [1.82, 2.24) is 5.32 Å². The summed E-state index contributed by atoms with van der Waals surface area (Å²) < 4.78 is 26.2. The fourth-order valence-corrected chi connectivity index (χ4v) is 1.19. The molecule has 0 saturated carbocycles. The maximum atomic E-state index is 13.3. The van der Waals surface area contributed by atoms with Gasteiger partial charge in [0, 0.05) is 0 Å². The molecular formula is C12H12F2N2O. The monoisotopic (exact) mass is 238 g/mol. The van der Waals surface area contributed by atoms with Gasteiger partial charge in [-0.1, -0.05) is 13.0 Å². The van der Waals surface area contributed by atoms with Gasteiger partial charge in [0.1, 0.15) is 5.54 Å². The highest BCUT2D eigenvalue weighted by Gasteiger charge is 2.26. The second-order valence-corrected chi connectivity index (χ2v) is 3.85. The summed E-state index contributed by atoms with van der Waals surface area (Å²) in [5.41, 5.74) is -1.49. The Kier molecular flexibility index (Phi) is 3.79. The lowest BCUT2D eigenvalue weighted by Gasteiger charge is -2.21. The van der Waals surface area contributed by atoms with Crippen molar-refractivity contribution in [3.63, 3.8) is 0 Å². The van der Waals surface area contributed by atoms with Crippen molar-refractivity contribution in [2.45, 2.75) is 25.8 Å². The molecule has 0 radical (unpaired) electrons. The highest BCUT2D eigenvalue weighted by Crippen LogP contribution is 2.14. The van der Waals surface area contributed by atoms with Crippen molar-refractivity contribution in [3.05, 3.63) is 35.4 Å². The summed E-state index contributed by atoms with van der Waals surface area (Å²) in [6.45, 7) is 3.23. The molecule has 0 bridgehead atoms. The van der Waals surface area contributed by atoms with E-state index in [0.717, 1.165) is 6.07 Å². The van der Waals surface area contributed by atoms with E-state index in [0.29, 0.717) is 6.42 Å². The molecule has 0 aliphatic rings. The lowest BCUT2D eigenvalue weighted by Crippen LogP contribution is -2.44. The first-order valence-electron chi connectivity index (χ1n) is 5.11. The molecule has 1 unspecified atom stereocenters. The van der Waals surface area contributed by atoms with Crippen molar-refractivity contribution >= 4 is 5.91 Å². The van der Waals surface area contributed by atoms with Crippen LogP contribution in [0.25, 0.3) is 0 Å². The summed E-state index contributed by atoms with van der Waals surface area (Å²) in [6, 6.07) is 5.25. The van der Waals surface area contributed by atoms with Crippen LogP contribution in [0.2, 0.25) is 0 Å². The van der Waals surface area contributed by atoms with Gasteiger partial charge in [-0.15, -0.1) is 0 Å². The zero-order valence-electron chi connectivity index (χ0n) is 9.55. The second kappa shape index (κ2) is 4.91. The molecule has 3 nitrogen and oxygen atoms in total. The Labute approximate surface area is 98.1 Å². The Morgan fingerprint density at radius 3 is 2.71 bits per heavy atom. The van der Waals surface area contributed by atoms with Gasteiger partial charge in [0.2, 0.25) is 0 Å². The van der Waals surface area contributed by atoms with Gasteiger partial charge in [0.25, 0.3) is 5.91 Å². The van der Waals surface area contributed by atoms with Gasteiger partial charge in [-0.2, -0.15) is 5.26 Å². The van der Waals surface area contributed by atoms with Gasteiger partial charge in [-0.3, -0.25) is 4.79 Å². The van der Waals surface area contributed by atoms with E-state index in [4.69, 9.17) is 5.26 Å². The lowest BCUT2D eigenvalue weighted by molar-refractivity contribution is 0.0918. The van der Waals surface area contributed by atoms with Crippen LogP contribution in [-0.4, -0.2) is 11.4 Å². The minimum atomic E-state index is -1.21. The van der Waals surface area contributed by atoms with Crippen molar-refractivity contribution in [1.29, 1.82) is 5.26 Å². The molecule has 1 aromatic rings. The molecule has 0 heterocycles. The summed E-state index contributed by atoms with van der Waals surface area (Å²) in [4.78, 5) is 11.7. The van der Waals surface area contributed by atoms with Crippen LogP contribution in [0.4, 0.5) is 8.78 Å². The van der Waals surface area contributed by atoms with Crippen LogP contribution in [0.3, 0.4) is 0 Å². The molecular weight excluding hydrogens is 226 g/mol. The maximum absolute atomic E-state index is 13.3. The number of nitriles is 1. The molecule has 0 saturated heterocycles. The van der Waals surface area contributed by atoms with Gasteiger partial charge >= 0.3 is 0 Å². The maximum Gasteiger partial charge on any atom is 0.255 e. The smallest absolute Gasteiger partial charge is 0.255 e. The number of hydrogen-bond donors (Lipinski definition) is 1. The van der Waals surface area contributed by atoms with E-state index < -0.39 is 28.6 Å². The predicted octanol–water partition coefficient (Wildman–Crippen LogP) is 2.39. The number of nitrogens with zero attached hydrogens (tertiary/aromatic N) is 1. The Morgan fingerprint density at radius 1 is 1.53 bits per heavy atom. The molecule has 1 amide bonds. The highest BCUT2D eigenvalue weighted by atomic mass is 19.2. The third kappa shape index (κ3) is 2.78. The van der Waals surface area contributed by atoms with Crippen molar-refractivity contribution in [3.8, 4) is 6.07 Å². The topological polar surface area (TPSA) is 52.9 Å². The van der Waals surface area contributed by atoms with E-state index in [1.807, 2.05) is 6.07 Å². The first-order chi connectivity index (χ1) is 7.93. The minimum absolute atomic E-state index is 0.367. The second-order valence-electron chi connectivity index (χ2n) is 3.85. The van der Waals surface area contributed by atoms with Gasteiger partial charge in [-0.05, 0) is 25.5 Å². The SMILES string of the molecule is CCC(C)(C#N)NC(=O)c1cccc(F)c1F.